The molecule has 53 heavy (non-hydrogen) atoms. The molecule has 14 heteroatoms. The third kappa shape index (κ3) is 10.2. The van der Waals surface area contributed by atoms with Crippen molar-refractivity contribution in [1.82, 2.24) is 0 Å². The zero-order chi connectivity index (χ0) is 37.2. The van der Waals surface area contributed by atoms with Gasteiger partial charge in [-0.25, -0.2) is 4.79 Å². The molecule has 0 unspecified atom stereocenters. The molecule has 0 aliphatic carbocycles. The number of methoxy groups -OCH3 is 1. The standard InChI is InChI=1S/C39H44O14/c1-24(40)45-23-30-32(48-25(2)41)34-36(53-39(42)52-34)38(50-30)51-31-29(22-44-19-26-13-7-4-8-14-26)49-37(43-3)35(47-21-28-17-11-6-12-18-28)33(31)46-20-27-15-9-5-10-16-27/h4-18,29-38H,19-23H2,1-3H3/t29-,30-,31+,32-,33+,34+,35-,36-,37+,38-/m1/s1. The van der Waals surface area contributed by atoms with E-state index in [0.717, 1.165) is 16.7 Å². The summed E-state index contributed by atoms with van der Waals surface area (Å²) in [5, 5.41) is 0. The molecular formula is C39H44O14. The molecule has 14 nitrogen and oxygen atoms in total. The number of hydrogen-bond donors (Lipinski definition) is 0. The Labute approximate surface area is 307 Å². The van der Waals surface area contributed by atoms with Crippen molar-refractivity contribution >= 4 is 18.1 Å². The van der Waals surface area contributed by atoms with Crippen LogP contribution in [0.2, 0.25) is 0 Å². The van der Waals surface area contributed by atoms with Crippen molar-refractivity contribution in [3.63, 3.8) is 0 Å². The molecule has 3 aliphatic heterocycles. The van der Waals surface area contributed by atoms with Gasteiger partial charge in [-0.3, -0.25) is 9.59 Å². The van der Waals surface area contributed by atoms with Crippen molar-refractivity contribution in [3.05, 3.63) is 108 Å². The fraction of sp³-hybridized carbons (Fsp3) is 0.462. The lowest BCUT2D eigenvalue weighted by molar-refractivity contribution is -0.360. The summed E-state index contributed by atoms with van der Waals surface area (Å²) < 4.78 is 66.6. The SMILES string of the molecule is CO[C@H]1O[C@H](COCc2ccccc2)[C@H](O[C@H]2O[C@H](COC(C)=O)[C@@H](OC(C)=O)[C@@H]3OC(=O)O[C@@H]23)[C@H](OCc2ccccc2)[C@H]1OCc1ccccc1. The maximum Gasteiger partial charge on any atom is 0.509 e. The number of benzene rings is 3. The van der Waals surface area contributed by atoms with Crippen LogP contribution in [0.1, 0.15) is 30.5 Å². The molecule has 6 rings (SSSR count). The van der Waals surface area contributed by atoms with E-state index in [1.807, 2.05) is 91.0 Å². The van der Waals surface area contributed by atoms with Gasteiger partial charge >= 0.3 is 18.1 Å². The van der Waals surface area contributed by atoms with Gasteiger partial charge in [0.15, 0.2) is 30.9 Å². The fourth-order valence-corrected chi connectivity index (χ4v) is 6.45. The number of esters is 2. The van der Waals surface area contributed by atoms with Gasteiger partial charge < -0.3 is 52.1 Å². The lowest BCUT2D eigenvalue weighted by Gasteiger charge is -2.48. The maximum absolute atomic E-state index is 12.6. The molecule has 284 valence electrons. The van der Waals surface area contributed by atoms with Crippen molar-refractivity contribution in [2.24, 2.45) is 0 Å². The highest BCUT2D eigenvalue weighted by Crippen LogP contribution is 2.37. The zero-order valence-electron chi connectivity index (χ0n) is 29.7. The van der Waals surface area contributed by atoms with Crippen molar-refractivity contribution in [2.75, 3.05) is 20.3 Å². The first-order chi connectivity index (χ1) is 25.8. The highest BCUT2D eigenvalue weighted by Gasteiger charge is 2.59. The third-order valence-electron chi connectivity index (χ3n) is 8.89. The Balaban J connectivity index is 1.33. The molecule has 3 aliphatic rings. The number of carbonyl (C=O) groups excluding carboxylic acids is 3. The van der Waals surface area contributed by atoms with Crippen molar-refractivity contribution < 1.29 is 66.5 Å². The predicted octanol–water partition coefficient (Wildman–Crippen LogP) is 4.25. The Kier molecular flexibility index (Phi) is 13.4. The molecule has 0 N–H and O–H groups in total. The third-order valence-corrected chi connectivity index (χ3v) is 8.89. The van der Waals surface area contributed by atoms with Gasteiger partial charge in [0.25, 0.3) is 0 Å². The van der Waals surface area contributed by atoms with Gasteiger partial charge in [-0.1, -0.05) is 91.0 Å². The second-order valence-electron chi connectivity index (χ2n) is 12.7. The molecule has 0 aromatic heterocycles. The average molecular weight is 737 g/mol. The van der Waals surface area contributed by atoms with E-state index in [9.17, 15) is 14.4 Å². The lowest BCUT2D eigenvalue weighted by Crippen LogP contribution is -2.65. The van der Waals surface area contributed by atoms with Crippen LogP contribution >= 0.6 is 0 Å². The number of rotatable bonds is 16. The maximum atomic E-state index is 12.6. The van der Waals surface area contributed by atoms with E-state index in [2.05, 4.69) is 0 Å². The van der Waals surface area contributed by atoms with E-state index in [-0.39, 0.29) is 33.0 Å². The molecule has 3 aromatic rings. The average Bonchev–Trinajstić information content (AvgIpc) is 3.57. The van der Waals surface area contributed by atoms with Crippen LogP contribution < -0.4 is 0 Å². The van der Waals surface area contributed by atoms with Gasteiger partial charge in [0.1, 0.15) is 37.1 Å². The van der Waals surface area contributed by atoms with Gasteiger partial charge in [-0.15, -0.1) is 0 Å². The molecule has 0 amide bonds. The molecule has 0 radical (unpaired) electrons. The van der Waals surface area contributed by atoms with Crippen LogP contribution in [0.25, 0.3) is 0 Å². The molecule has 0 spiro atoms. The Morgan fingerprint density at radius 1 is 0.604 bits per heavy atom. The minimum Gasteiger partial charge on any atom is -0.463 e. The van der Waals surface area contributed by atoms with Gasteiger partial charge in [0, 0.05) is 21.0 Å². The summed E-state index contributed by atoms with van der Waals surface area (Å²) >= 11 is 0. The molecule has 0 bridgehead atoms. The van der Waals surface area contributed by atoms with E-state index in [1.54, 1.807) is 0 Å². The van der Waals surface area contributed by atoms with Crippen LogP contribution in [0.4, 0.5) is 4.79 Å². The first kappa shape index (κ1) is 38.3. The Morgan fingerprint density at radius 3 is 1.70 bits per heavy atom. The number of carbonyl (C=O) groups is 3. The fourth-order valence-electron chi connectivity index (χ4n) is 6.45. The van der Waals surface area contributed by atoms with Crippen molar-refractivity contribution in [1.29, 1.82) is 0 Å². The predicted molar refractivity (Wildman–Crippen MR) is 183 cm³/mol. The monoisotopic (exact) mass is 736 g/mol. The summed E-state index contributed by atoms with van der Waals surface area (Å²) in [6, 6.07) is 28.9. The van der Waals surface area contributed by atoms with E-state index in [4.69, 9.17) is 52.1 Å². The summed E-state index contributed by atoms with van der Waals surface area (Å²) in [6.07, 6.45) is -11.4. The van der Waals surface area contributed by atoms with Crippen LogP contribution in [0.3, 0.4) is 0 Å². The second-order valence-corrected chi connectivity index (χ2v) is 12.7. The summed E-state index contributed by atoms with van der Waals surface area (Å²) in [5.74, 6) is -1.26. The van der Waals surface area contributed by atoms with Gasteiger partial charge in [-0.05, 0) is 16.7 Å². The number of hydrogen-bond acceptors (Lipinski definition) is 14. The summed E-state index contributed by atoms with van der Waals surface area (Å²) in [5.41, 5.74) is 2.75. The Bertz CT molecular complexity index is 1610. The van der Waals surface area contributed by atoms with E-state index >= 15 is 0 Å². The van der Waals surface area contributed by atoms with Crippen LogP contribution in [-0.4, -0.2) is 99.8 Å². The van der Waals surface area contributed by atoms with Crippen molar-refractivity contribution in [3.8, 4) is 0 Å². The van der Waals surface area contributed by atoms with Gasteiger partial charge in [0.2, 0.25) is 0 Å². The van der Waals surface area contributed by atoms with Gasteiger partial charge in [0.05, 0.1) is 26.4 Å². The summed E-state index contributed by atoms with van der Waals surface area (Å²) in [6.45, 7) is 2.78. The first-order valence-electron chi connectivity index (χ1n) is 17.4. The molecule has 0 saturated carbocycles. The minimum atomic E-state index is -1.33. The smallest absolute Gasteiger partial charge is 0.463 e. The molecule has 3 fully saturated rings. The van der Waals surface area contributed by atoms with Crippen molar-refractivity contribution in [2.45, 2.75) is 95.1 Å². The zero-order valence-corrected chi connectivity index (χ0v) is 29.7. The Hall–Kier alpha value is -4.41. The van der Waals surface area contributed by atoms with E-state index < -0.39 is 79.5 Å². The number of ether oxygens (including phenoxy) is 11. The highest BCUT2D eigenvalue weighted by molar-refractivity contribution is 5.67. The second kappa shape index (κ2) is 18.6. The Morgan fingerprint density at radius 2 is 1.13 bits per heavy atom. The molecule has 10 atom stereocenters. The topological polar surface area (TPSA) is 153 Å². The highest BCUT2D eigenvalue weighted by atomic mass is 16.8. The van der Waals surface area contributed by atoms with Crippen LogP contribution in [0, 0.1) is 0 Å². The number of fused-ring (bicyclic) bond motifs is 1. The normalized spacial score (nSPS) is 29.4. The minimum absolute atomic E-state index is 0.0279. The molecule has 3 heterocycles. The van der Waals surface area contributed by atoms with Gasteiger partial charge in [-0.2, -0.15) is 0 Å². The largest absolute Gasteiger partial charge is 0.509 e. The molecule has 3 saturated heterocycles. The quantitative estimate of drug-likeness (QED) is 0.152. The molecule has 3 aromatic carbocycles. The summed E-state index contributed by atoms with van der Waals surface area (Å²) in [7, 11) is 1.51. The van der Waals surface area contributed by atoms with E-state index in [1.165, 1.54) is 21.0 Å². The molecular weight excluding hydrogens is 692 g/mol. The first-order valence-corrected chi connectivity index (χ1v) is 17.4. The lowest BCUT2D eigenvalue weighted by atomic mass is 9.96. The van der Waals surface area contributed by atoms with Crippen LogP contribution in [-0.2, 0) is 81.5 Å². The van der Waals surface area contributed by atoms with Crippen LogP contribution in [0.15, 0.2) is 91.0 Å². The van der Waals surface area contributed by atoms with Crippen LogP contribution in [0.5, 0.6) is 0 Å². The van der Waals surface area contributed by atoms with E-state index in [0.29, 0.717) is 0 Å². The summed E-state index contributed by atoms with van der Waals surface area (Å²) in [4.78, 5) is 36.5.